The summed E-state index contributed by atoms with van der Waals surface area (Å²) in [5.74, 6) is 1.10. The molecule has 1 aliphatic carbocycles. The first-order chi connectivity index (χ1) is 13.0. The molecule has 0 N–H and O–H groups in total. The number of ketones is 1. The van der Waals surface area contributed by atoms with Gasteiger partial charge in [-0.3, -0.25) is 14.9 Å². The fraction of sp³-hybridized carbons (Fsp3) is 0.421. The van der Waals surface area contributed by atoms with E-state index >= 15 is 0 Å². The van der Waals surface area contributed by atoms with Crippen LogP contribution >= 0.6 is 11.8 Å². The molecule has 0 amide bonds. The van der Waals surface area contributed by atoms with Gasteiger partial charge in [0.25, 0.3) is 5.69 Å². The molecule has 1 aliphatic rings. The first-order valence-electron chi connectivity index (χ1n) is 9.02. The average Bonchev–Trinajstić information content (AvgIpc) is 3.05. The summed E-state index contributed by atoms with van der Waals surface area (Å²) in [6, 6.07) is 4.53. The van der Waals surface area contributed by atoms with Crippen LogP contribution in [0.25, 0.3) is 0 Å². The quantitative estimate of drug-likeness (QED) is 0.294. The molecule has 0 aliphatic heterocycles. The second kappa shape index (κ2) is 8.47. The molecule has 0 spiro atoms. The van der Waals surface area contributed by atoms with E-state index in [4.69, 9.17) is 0 Å². The molecule has 0 atom stereocenters. The zero-order valence-corrected chi connectivity index (χ0v) is 16.1. The van der Waals surface area contributed by atoms with Gasteiger partial charge in [0.2, 0.25) is 0 Å². The smallest absolute Gasteiger partial charge is 0.284 e. The summed E-state index contributed by atoms with van der Waals surface area (Å²) in [4.78, 5) is 23.0. The van der Waals surface area contributed by atoms with Gasteiger partial charge in [0, 0.05) is 24.1 Å². The molecule has 1 heterocycles. The predicted octanol–water partition coefficient (Wildman–Crippen LogP) is 4.77. The lowest BCUT2D eigenvalue weighted by Gasteiger charge is -2.21. The zero-order valence-electron chi connectivity index (χ0n) is 15.3. The number of nitro groups is 1. The highest BCUT2D eigenvalue weighted by Gasteiger charge is 2.25. The van der Waals surface area contributed by atoms with Crippen molar-refractivity contribution in [3.8, 4) is 0 Å². The highest BCUT2D eigenvalue weighted by atomic mass is 32.2. The van der Waals surface area contributed by atoms with Crippen LogP contribution < -0.4 is 0 Å². The van der Waals surface area contributed by atoms with Crippen LogP contribution in [-0.4, -0.2) is 25.5 Å². The van der Waals surface area contributed by atoms with Crippen molar-refractivity contribution in [3.63, 3.8) is 0 Å². The summed E-state index contributed by atoms with van der Waals surface area (Å²) >= 11 is 1.20. The summed E-state index contributed by atoms with van der Waals surface area (Å²) in [6.45, 7) is 5.76. The molecule has 0 radical (unpaired) electrons. The summed E-state index contributed by atoms with van der Waals surface area (Å²) in [5, 5.41) is 20.8. The molecule has 1 saturated carbocycles. The highest BCUT2D eigenvalue weighted by molar-refractivity contribution is 7.99. The Morgan fingerprint density at radius 3 is 2.74 bits per heavy atom. The monoisotopic (exact) mass is 386 g/mol. The molecule has 0 saturated heterocycles. The van der Waals surface area contributed by atoms with Crippen molar-refractivity contribution in [1.29, 1.82) is 0 Å². The lowest BCUT2D eigenvalue weighted by Crippen LogP contribution is -2.12. The Kier molecular flexibility index (Phi) is 6.05. The number of benzene rings is 1. The van der Waals surface area contributed by atoms with Gasteiger partial charge in [-0.2, -0.15) is 0 Å². The van der Waals surface area contributed by atoms with Gasteiger partial charge < -0.3 is 4.57 Å². The molecule has 1 aromatic carbocycles. The Hall–Kier alpha value is -2.48. The number of hydrogen-bond acceptors (Lipinski definition) is 6. The minimum Gasteiger partial charge on any atom is -0.302 e. The lowest BCUT2D eigenvalue weighted by atomic mass is 9.89. The second-order valence-corrected chi connectivity index (χ2v) is 7.68. The van der Waals surface area contributed by atoms with Gasteiger partial charge >= 0.3 is 0 Å². The lowest BCUT2D eigenvalue weighted by molar-refractivity contribution is -0.387. The minimum absolute atomic E-state index is 0.0972. The molecule has 1 aromatic heterocycles. The topological polar surface area (TPSA) is 90.9 Å². The summed E-state index contributed by atoms with van der Waals surface area (Å²) in [7, 11) is 0. The van der Waals surface area contributed by atoms with E-state index < -0.39 is 4.92 Å². The third-order valence-corrected chi connectivity index (χ3v) is 5.84. The largest absolute Gasteiger partial charge is 0.302 e. The molecular weight excluding hydrogens is 364 g/mol. The maximum absolute atomic E-state index is 11.5. The second-order valence-electron chi connectivity index (χ2n) is 6.67. The van der Waals surface area contributed by atoms with Crippen LogP contribution in [-0.2, 0) is 6.54 Å². The molecule has 0 unspecified atom stereocenters. The minimum atomic E-state index is -0.467. The Labute approximate surface area is 162 Å². The Balaban J connectivity index is 1.95. The number of rotatable bonds is 7. The molecule has 0 bridgehead atoms. The van der Waals surface area contributed by atoms with Crippen LogP contribution in [0.3, 0.4) is 0 Å². The highest BCUT2D eigenvalue weighted by Crippen LogP contribution is 2.37. The van der Waals surface area contributed by atoms with Gasteiger partial charge in [-0.25, -0.2) is 0 Å². The number of Topliss-reactive ketones (excluding diaryl/α,β-unsaturated/α-hetero) is 1. The van der Waals surface area contributed by atoms with Crippen molar-refractivity contribution in [2.75, 3.05) is 0 Å². The summed E-state index contributed by atoms with van der Waals surface area (Å²) in [5.41, 5.74) is 0.224. The van der Waals surface area contributed by atoms with Crippen molar-refractivity contribution in [1.82, 2.24) is 14.8 Å². The Morgan fingerprint density at radius 1 is 1.37 bits per heavy atom. The number of nitro benzene ring substituents is 1. The first-order valence-corrected chi connectivity index (χ1v) is 9.84. The maximum Gasteiger partial charge on any atom is 0.284 e. The Morgan fingerprint density at radius 2 is 2.11 bits per heavy atom. The van der Waals surface area contributed by atoms with Gasteiger partial charge in [0.15, 0.2) is 10.9 Å². The molecule has 8 heteroatoms. The molecule has 1 fully saturated rings. The van der Waals surface area contributed by atoms with Crippen molar-refractivity contribution >= 4 is 23.2 Å². The van der Waals surface area contributed by atoms with Crippen LogP contribution in [0, 0.1) is 10.1 Å². The summed E-state index contributed by atoms with van der Waals surface area (Å²) in [6.07, 6.45) is 7.59. The van der Waals surface area contributed by atoms with E-state index in [-0.39, 0.29) is 11.5 Å². The van der Waals surface area contributed by atoms with Crippen LogP contribution in [0.1, 0.15) is 61.1 Å². The van der Waals surface area contributed by atoms with Gasteiger partial charge in [0.1, 0.15) is 5.82 Å². The number of aromatic nitrogens is 3. The van der Waals surface area contributed by atoms with Crippen LogP contribution in [0.2, 0.25) is 0 Å². The van der Waals surface area contributed by atoms with Crippen LogP contribution in [0.4, 0.5) is 5.69 Å². The summed E-state index contributed by atoms with van der Waals surface area (Å²) < 4.78 is 2.00. The van der Waals surface area contributed by atoms with E-state index in [1.807, 2.05) is 4.57 Å². The van der Waals surface area contributed by atoms with Crippen molar-refractivity contribution in [3.05, 3.63) is 52.4 Å². The third kappa shape index (κ3) is 4.27. The molecule has 27 heavy (non-hydrogen) atoms. The van der Waals surface area contributed by atoms with Gasteiger partial charge in [-0.15, -0.1) is 16.8 Å². The van der Waals surface area contributed by atoms with Crippen LogP contribution in [0.15, 0.2) is 40.9 Å². The van der Waals surface area contributed by atoms with E-state index in [0.717, 1.165) is 18.7 Å². The molecule has 142 valence electrons. The Bertz CT molecular complexity index is 872. The standard InChI is InChI=1S/C19H22N4O3S/c1-3-11-22-18(14-7-5-4-6-8-14)20-21-19(22)27-17-10-9-15(13(2)24)12-16(17)23(25)26/h3,9-10,12,14H,1,4-8,11H2,2H3. The number of nitrogens with zero attached hydrogens (tertiary/aromatic N) is 4. The first kappa shape index (κ1) is 19.3. The fourth-order valence-electron chi connectivity index (χ4n) is 3.40. The van der Waals surface area contributed by atoms with Crippen molar-refractivity contribution in [2.24, 2.45) is 0 Å². The molecule has 3 rings (SSSR count). The molecule has 2 aromatic rings. The van der Waals surface area contributed by atoms with Gasteiger partial charge in [0.05, 0.1) is 9.82 Å². The SMILES string of the molecule is C=CCn1c(Sc2ccc(C(C)=O)cc2[N+](=O)[O-])nnc1C1CCCCC1. The van der Waals surface area contributed by atoms with E-state index in [9.17, 15) is 14.9 Å². The molecular formula is C19H22N4O3S. The maximum atomic E-state index is 11.5. The predicted molar refractivity (Wildman–Crippen MR) is 103 cm³/mol. The average molecular weight is 386 g/mol. The van der Waals surface area contributed by atoms with Gasteiger partial charge in [-0.1, -0.05) is 25.3 Å². The number of hydrogen-bond donors (Lipinski definition) is 0. The van der Waals surface area contributed by atoms with E-state index in [1.54, 1.807) is 18.2 Å². The van der Waals surface area contributed by atoms with E-state index in [1.165, 1.54) is 44.0 Å². The zero-order chi connectivity index (χ0) is 19.4. The normalized spacial score (nSPS) is 14.9. The van der Waals surface area contributed by atoms with E-state index in [2.05, 4.69) is 16.8 Å². The van der Waals surface area contributed by atoms with Gasteiger partial charge in [-0.05, 0) is 43.7 Å². The van der Waals surface area contributed by atoms with Crippen LogP contribution in [0.5, 0.6) is 0 Å². The fourth-order valence-corrected chi connectivity index (χ4v) is 4.33. The van der Waals surface area contributed by atoms with E-state index in [0.29, 0.717) is 28.1 Å². The number of allylic oxidation sites excluding steroid dienone is 1. The number of carbonyl (C=O) groups is 1. The number of carbonyl (C=O) groups excluding carboxylic acids is 1. The van der Waals surface area contributed by atoms with Crippen molar-refractivity contribution in [2.45, 2.75) is 61.5 Å². The van der Waals surface area contributed by atoms with Crippen molar-refractivity contribution < 1.29 is 9.72 Å². The molecule has 7 nitrogen and oxygen atoms in total. The third-order valence-electron chi connectivity index (χ3n) is 4.79.